The molecule has 2 nitrogen and oxygen atoms in total. The van der Waals surface area contributed by atoms with Crippen LogP contribution in [0, 0.1) is 0 Å². The summed E-state index contributed by atoms with van der Waals surface area (Å²) < 4.78 is 5.06. The third-order valence-corrected chi connectivity index (χ3v) is 3.10. The highest BCUT2D eigenvalue weighted by molar-refractivity contribution is 7.90. The zero-order valence-corrected chi connectivity index (χ0v) is 11.4. The monoisotopic (exact) mass is 270 g/mol. The van der Waals surface area contributed by atoms with E-state index in [9.17, 15) is 4.79 Å². The van der Waals surface area contributed by atoms with Gasteiger partial charge in [-0.15, -0.1) is 12.6 Å². The van der Waals surface area contributed by atoms with Gasteiger partial charge < -0.3 is 4.74 Å². The third-order valence-electron chi connectivity index (χ3n) is 2.71. The van der Waals surface area contributed by atoms with E-state index in [1.807, 2.05) is 30.3 Å². The van der Waals surface area contributed by atoms with Crippen LogP contribution in [0.3, 0.4) is 0 Å². The van der Waals surface area contributed by atoms with E-state index in [-0.39, 0.29) is 5.78 Å². The third kappa shape index (κ3) is 3.48. The highest BCUT2D eigenvalue weighted by Gasteiger charge is 2.04. The molecule has 0 heterocycles. The Balaban J connectivity index is 2.20. The average molecular weight is 270 g/mol. The number of carbonyl (C=O) groups is 1. The van der Waals surface area contributed by atoms with Crippen molar-refractivity contribution in [1.82, 2.24) is 0 Å². The molecule has 0 bridgehead atoms. The summed E-state index contributed by atoms with van der Waals surface area (Å²) in [5.74, 6) is 0.659. The highest BCUT2D eigenvalue weighted by Crippen LogP contribution is 2.19. The van der Waals surface area contributed by atoms with Crippen molar-refractivity contribution in [3.05, 3.63) is 71.8 Å². The number of ether oxygens (including phenoxy) is 1. The number of carbonyl (C=O) groups excluding carboxylic acids is 1. The van der Waals surface area contributed by atoms with Gasteiger partial charge in [0.25, 0.3) is 0 Å². The summed E-state index contributed by atoms with van der Waals surface area (Å²) in [5, 5.41) is 0. The van der Waals surface area contributed by atoms with Gasteiger partial charge in [-0.1, -0.05) is 30.3 Å². The Kier molecular flexibility index (Phi) is 4.42. The molecule has 96 valence electrons. The van der Waals surface area contributed by atoms with Crippen LogP contribution in [0.15, 0.2) is 60.7 Å². The van der Waals surface area contributed by atoms with Gasteiger partial charge in [0.1, 0.15) is 5.75 Å². The second kappa shape index (κ2) is 6.25. The van der Waals surface area contributed by atoms with Crippen LogP contribution in [0.4, 0.5) is 0 Å². The van der Waals surface area contributed by atoms with Crippen LogP contribution >= 0.6 is 12.6 Å². The number of rotatable bonds is 4. The summed E-state index contributed by atoms with van der Waals surface area (Å²) in [6.45, 7) is 0. The minimum Gasteiger partial charge on any atom is -0.497 e. The largest absolute Gasteiger partial charge is 0.497 e. The van der Waals surface area contributed by atoms with E-state index in [0.29, 0.717) is 10.5 Å². The van der Waals surface area contributed by atoms with Crippen LogP contribution in [-0.2, 0) is 0 Å². The van der Waals surface area contributed by atoms with Gasteiger partial charge in [0.2, 0.25) is 0 Å². The molecule has 2 rings (SSSR count). The van der Waals surface area contributed by atoms with Crippen LogP contribution in [0.1, 0.15) is 15.9 Å². The summed E-state index contributed by atoms with van der Waals surface area (Å²) in [6.07, 6.45) is 1.53. The number of allylic oxidation sites excluding steroid dienone is 1. The molecule has 0 saturated heterocycles. The summed E-state index contributed by atoms with van der Waals surface area (Å²) in [4.78, 5) is 12.7. The molecule has 0 radical (unpaired) electrons. The molecule has 0 atom stereocenters. The van der Waals surface area contributed by atoms with E-state index < -0.39 is 0 Å². The van der Waals surface area contributed by atoms with E-state index in [1.54, 1.807) is 31.4 Å². The quantitative estimate of drug-likeness (QED) is 0.519. The minimum absolute atomic E-state index is 0.0727. The highest BCUT2D eigenvalue weighted by atomic mass is 32.1. The first-order valence-corrected chi connectivity index (χ1v) is 6.30. The van der Waals surface area contributed by atoms with E-state index in [0.717, 1.165) is 11.3 Å². The molecule has 19 heavy (non-hydrogen) atoms. The Morgan fingerprint density at radius 3 is 2.21 bits per heavy atom. The van der Waals surface area contributed by atoms with Crippen LogP contribution in [0.5, 0.6) is 5.75 Å². The maximum atomic E-state index is 12.1. The average Bonchev–Trinajstić information content (AvgIpc) is 2.48. The number of methoxy groups -OCH3 is 1. The maximum absolute atomic E-state index is 12.1. The fourth-order valence-corrected chi connectivity index (χ4v) is 1.92. The Labute approximate surface area is 118 Å². The van der Waals surface area contributed by atoms with Gasteiger partial charge in [0.15, 0.2) is 5.78 Å². The second-order valence-electron chi connectivity index (χ2n) is 3.99. The summed E-state index contributed by atoms with van der Waals surface area (Å²) in [5.41, 5.74) is 1.54. The van der Waals surface area contributed by atoms with Crippen molar-refractivity contribution in [2.75, 3.05) is 7.11 Å². The van der Waals surface area contributed by atoms with E-state index in [2.05, 4.69) is 12.6 Å². The maximum Gasteiger partial charge on any atom is 0.186 e. The van der Waals surface area contributed by atoms with Crippen molar-refractivity contribution in [1.29, 1.82) is 0 Å². The number of ketones is 1. The smallest absolute Gasteiger partial charge is 0.186 e. The SMILES string of the molecule is COc1ccc(C(=O)C=C(S)c2ccccc2)cc1. The van der Waals surface area contributed by atoms with Crippen molar-refractivity contribution < 1.29 is 9.53 Å². The van der Waals surface area contributed by atoms with Gasteiger partial charge >= 0.3 is 0 Å². The molecule has 0 aliphatic heterocycles. The molecule has 0 fully saturated rings. The van der Waals surface area contributed by atoms with Crippen molar-refractivity contribution in [2.45, 2.75) is 0 Å². The molecule has 3 heteroatoms. The molecule has 2 aromatic carbocycles. The first-order chi connectivity index (χ1) is 9.20. The normalized spacial score (nSPS) is 11.2. The van der Waals surface area contributed by atoms with Gasteiger partial charge in [0, 0.05) is 10.5 Å². The van der Waals surface area contributed by atoms with Crippen molar-refractivity contribution >= 4 is 23.3 Å². The van der Waals surface area contributed by atoms with Crippen molar-refractivity contribution in [3.8, 4) is 5.75 Å². The molecular formula is C16H14O2S. The van der Waals surface area contributed by atoms with Gasteiger partial charge in [0.05, 0.1) is 7.11 Å². The van der Waals surface area contributed by atoms with Crippen LogP contribution in [0.25, 0.3) is 4.91 Å². The van der Waals surface area contributed by atoms with Crippen LogP contribution < -0.4 is 4.74 Å². The molecule has 0 N–H and O–H groups in total. The Morgan fingerprint density at radius 1 is 1.00 bits per heavy atom. The molecular weight excluding hydrogens is 256 g/mol. The predicted octanol–water partition coefficient (Wildman–Crippen LogP) is 3.85. The summed E-state index contributed by atoms with van der Waals surface area (Å²) >= 11 is 4.36. The number of hydrogen-bond acceptors (Lipinski definition) is 3. The van der Waals surface area contributed by atoms with Crippen molar-refractivity contribution in [2.24, 2.45) is 0 Å². The summed E-state index contributed by atoms with van der Waals surface area (Å²) in [7, 11) is 1.60. The molecule has 0 unspecified atom stereocenters. The Hall–Kier alpha value is -2.00. The fraction of sp³-hybridized carbons (Fsp3) is 0.0625. The number of benzene rings is 2. The predicted molar refractivity (Wildman–Crippen MR) is 80.7 cm³/mol. The van der Waals surface area contributed by atoms with E-state index in [4.69, 9.17) is 4.74 Å². The zero-order chi connectivity index (χ0) is 13.7. The van der Waals surface area contributed by atoms with Crippen molar-refractivity contribution in [3.63, 3.8) is 0 Å². The second-order valence-corrected chi connectivity index (χ2v) is 4.47. The van der Waals surface area contributed by atoms with E-state index in [1.165, 1.54) is 6.08 Å². The van der Waals surface area contributed by atoms with Gasteiger partial charge in [-0.3, -0.25) is 4.79 Å². The van der Waals surface area contributed by atoms with Gasteiger partial charge in [-0.25, -0.2) is 0 Å². The van der Waals surface area contributed by atoms with Crippen LogP contribution in [-0.4, -0.2) is 12.9 Å². The Morgan fingerprint density at radius 2 is 1.63 bits per heavy atom. The molecule has 0 spiro atoms. The first-order valence-electron chi connectivity index (χ1n) is 5.85. The standard InChI is InChI=1S/C16H14O2S/c1-18-14-9-7-12(8-10-14)15(17)11-16(19)13-5-3-2-4-6-13/h2-11,19H,1H3. The molecule has 0 aliphatic rings. The molecule has 0 amide bonds. The van der Waals surface area contributed by atoms with E-state index >= 15 is 0 Å². The topological polar surface area (TPSA) is 26.3 Å². The number of thiol groups is 1. The number of hydrogen-bond donors (Lipinski definition) is 1. The lowest BCUT2D eigenvalue weighted by Gasteiger charge is -2.02. The lowest BCUT2D eigenvalue weighted by molar-refractivity contribution is 0.104. The zero-order valence-electron chi connectivity index (χ0n) is 10.5. The Bertz CT molecular complexity index is 586. The molecule has 2 aromatic rings. The fourth-order valence-electron chi connectivity index (χ4n) is 1.66. The van der Waals surface area contributed by atoms with Crippen LogP contribution in [0.2, 0.25) is 0 Å². The lowest BCUT2D eigenvalue weighted by Crippen LogP contribution is -1.95. The van der Waals surface area contributed by atoms with Gasteiger partial charge in [-0.05, 0) is 35.9 Å². The summed E-state index contributed by atoms with van der Waals surface area (Å²) in [6, 6.07) is 16.6. The minimum atomic E-state index is -0.0727. The molecule has 0 saturated carbocycles. The van der Waals surface area contributed by atoms with Gasteiger partial charge in [-0.2, -0.15) is 0 Å². The lowest BCUT2D eigenvalue weighted by atomic mass is 10.1. The molecule has 0 aliphatic carbocycles. The first kappa shape index (κ1) is 13.4. The molecule has 0 aromatic heterocycles.